The van der Waals surface area contributed by atoms with Gasteiger partial charge < -0.3 is 20.6 Å². The molecule has 1 aromatic carbocycles. The van der Waals surface area contributed by atoms with Gasteiger partial charge in [0.2, 0.25) is 5.91 Å². The molecule has 0 radical (unpaired) electrons. The number of hydrogen-bond acceptors (Lipinski definition) is 6. The van der Waals surface area contributed by atoms with Crippen LogP contribution in [-0.2, 0) is 16.8 Å². The number of aromatic nitrogens is 1. The van der Waals surface area contributed by atoms with E-state index >= 15 is 0 Å². The standard InChI is InChI=1S/C21H25ClN4O3S/c1-5-18(28)26-9-13(10-26)24-19(29)20-25-12(11-30-20)8-23-16-6-14(21(2,3)4)15(22)7-17(16)27/h5-7,11,13,23,27H,1,8-10H2,2-4H3,(H,24,29). The van der Waals surface area contributed by atoms with Gasteiger partial charge in [-0.05, 0) is 23.1 Å². The quantitative estimate of drug-likeness (QED) is 0.464. The number of thiazole rings is 1. The van der Waals surface area contributed by atoms with Crippen LogP contribution in [0.4, 0.5) is 5.69 Å². The highest BCUT2D eigenvalue weighted by molar-refractivity contribution is 7.11. The molecule has 0 spiro atoms. The molecular weight excluding hydrogens is 424 g/mol. The number of halogens is 1. The zero-order valence-corrected chi connectivity index (χ0v) is 18.7. The molecule has 0 atom stereocenters. The number of nitrogens with zero attached hydrogens (tertiary/aromatic N) is 2. The number of anilines is 1. The van der Waals surface area contributed by atoms with E-state index in [0.29, 0.717) is 41.0 Å². The number of likely N-dealkylation sites (tertiary alicyclic amines) is 1. The van der Waals surface area contributed by atoms with Gasteiger partial charge in [-0.2, -0.15) is 0 Å². The Morgan fingerprint density at radius 1 is 1.40 bits per heavy atom. The Morgan fingerprint density at radius 3 is 2.73 bits per heavy atom. The third-order valence-electron chi connectivity index (χ3n) is 4.80. The fourth-order valence-corrected chi connectivity index (χ4v) is 4.24. The summed E-state index contributed by atoms with van der Waals surface area (Å²) < 4.78 is 0. The molecule has 1 aliphatic rings. The van der Waals surface area contributed by atoms with E-state index in [4.69, 9.17) is 11.6 Å². The van der Waals surface area contributed by atoms with Crippen LogP contribution < -0.4 is 10.6 Å². The SMILES string of the molecule is C=CC(=O)N1CC(NC(=O)c2nc(CNc3cc(C(C)(C)C)c(Cl)cc3O)cs2)C1. The number of phenolic OH excluding ortho intramolecular Hbond substituents is 1. The van der Waals surface area contributed by atoms with E-state index in [-0.39, 0.29) is 29.0 Å². The first-order valence-electron chi connectivity index (χ1n) is 9.52. The second kappa shape index (κ2) is 8.65. The summed E-state index contributed by atoms with van der Waals surface area (Å²) in [7, 11) is 0. The Balaban J connectivity index is 1.58. The molecule has 0 unspecified atom stereocenters. The zero-order chi connectivity index (χ0) is 22.1. The molecule has 2 heterocycles. The summed E-state index contributed by atoms with van der Waals surface area (Å²) in [4.78, 5) is 29.8. The summed E-state index contributed by atoms with van der Waals surface area (Å²) in [5, 5.41) is 18.9. The highest BCUT2D eigenvalue weighted by atomic mass is 35.5. The van der Waals surface area contributed by atoms with Crippen molar-refractivity contribution in [2.24, 2.45) is 0 Å². The van der Waals surface area contributed by atoms with Crippen LogP contribution in [0.15, 0.2) is 30.2 Å². The lowest BCUT2D eigenvalue weighted by atomic mass is 9.86. The molecule has 2 amide bonds. The monoisotopic (exact) mass is 448 g/mol. The van der Waals surface area contributed by atoms with Gasteiger partial charge in [0, 0.05) is 29.6 Å². The highest BCUT2D eigenvalue weighted by Gasteiger charge is 2.31. The van der Waals surface area contributed by atoms with Crippen molar-refractivity contribution < 1.29 is 14.7 Å². The number of carbonyl (C=O) groups is 2. The van der Waals surface area contributed by atoms with Crippen LogP contribution in [0.5, 0.6) is 5.75 Å². The van der Waals surface area contributed by atoms with Gasteiger partial charge in [-0.25, -0.2) is 4.98 Å². The van der Waals surface area contributed by atoms with Gasteiger partial charge in [0.05, 0.1) is 24.0 Å². The summed E-state index contributed by atoms with van der Waals surface area (Å²) in [5.74, 6) is -0.334. The first kappa shape index (κ1) is 22.1. The van der Waals surface area contributed by atoms with Crippen molar-refractivity contribution in [3.05, 3.63) is 51.5 Å². The molecule has 2 aromatic rings. The Kier molecular flexibility index (Phi) is 6.38. The van der Waals surface area contributed by atoms with Gasteiger partial charge in [0.25, 0.3) is 5.91 Å². The molecule has 30 heavy (non-hydrogen) atoms. The van der Waals surface area contributed by atoms with E-state index in [1.54, 1.807) is 10.3 Å². The summed E-state index contributed by atoms with van der Waals surface area (Å²) in [6.45, 7) is 10.9. The van der Waals surface area contributed by atoms with E-state index in [9.17, 15) is 14.7 Å². The second-order valence-corrected chi connectivity index (χ2v) is 9.48. The van der Waals surface area contributed by atoms with Crippen molar-refractivity contribution in [2.75, 3.05) is 18.4 Å². The van der Waals surface area contributed by atoms with E-state index in [2.05, 4.69) is 43.0 Å². The fraction of sp³-hybridized carbons (Fsp3) is 0.381. The van der Waals surface area contributed by atoms with Crippen molar-refractivity contribution in [2.45, 2.75) is 38.8 Å². The molecule has 160 valence electrons. The normalized spacial score (nSPS) is 14.2. The molecule has 0 saturated carbocycles. The molecule has 1 aliphatic heterocycles. The molecule has 3 rings (SSSR count). The maximum atomic E-state index is 12.4. The van der Waals surface area contributed by atoms with Gasteiger partial charge in [0.1, 0.15) is 5.75 Å². The average molecular weight is 449 g/mol. The first-order valence-corrected chi connectivity index (χ1v) is 10.8. The van der Waals surface area contributed by atoms with Crippen LogP contribution in [0.2, 0.25) is 5.02 Å². The number of phenols is 1. The molecule has 1 fully saturated rings. The number of hydrogen-bond donors (Lipinski definition) is 3. The van der Waals surface area contributed by atoms with Crippen LogP contribution in [0.25, 0.3) is 0 Å². The first-order chi connectivity index (χ1) is 14.1. The number of nitrogens with one attached hydrogen (secondary N) is 2. The minimum absolute atomic E-state index is 0.0600. The lowest BCUT2D eigenvalue weighted by Gasteiger charge is -2.38. The van der Waals surface area contributed by atoms with E-state index in [1.165, 1.54) is 23.5 Å². The Bertz CT molecular complexity index is 977. The van der Waals surface area contributed by atoms with Crippen LogP contribution in [-0.4, -0.2) is 45.9 Å². The van der Waals surface area contributed by atoms with Gasteiger partial charge in [-0.15, -0.1) is 11.3 Å². The maximum absolute atomic E-state index is 12.4. The van der Waals surface area contributed by atoms with Gasteiger partial charge in [-0.1, -0.05) is 39.0 Å². The largest absolute Gasteiger partial charge is 0.506 e. The van der Waals surface area contributed by atoms with E-state index in [0.717, 1.165) is 5.56 Å². The Morgan fingerprint density at radius 2 is 2.10 bits per heavy atom. The predicted molar refractivity (Wildman–Crippen MR) is 119 cm³/mol. The van der Waals surface area contributed by atoms with Crippen LogP contribution in [0.1, 0.15) is 41.8 Å². The Labute approximate surface area is 184 Å². The minimum Gasteiger partial charge on any atom is -0.506 e. The molecule has 0 bridgehead atoms. The van der Waals surface area contributed by atoms with Gasteiger partial charge in [-0.3, -0.25) is 9.59 Å². The summed E-state index contributed by atoms with van der Waals surface area (Å²) in [6.07, 6.45) is 1.26. The third-order valence-corrected chi connectivity index (χ3v) is 6.00. The average Bonchev–Trinajstić information content (AvgIpc) is 3.11. The molecule has 0 aliphatic carbocycles. The van der Waals surface area contributed by atoms with E-state index < -0.39 is 0 Å². The van der Waals surface area contributed by atoms with Crippen molar-refractivity contribution in [1.29, 1.82) is 0 Å². The highest BCUT2D eigenvalue weighted by Crippen LogP contribution is 2.37. The molecule has 1 saturated heterocycles. The number of rotatable bonds is 6. The van der Waals surface area contributed by atoms with Crippen LogP contribution in [0.3, 0.4) is 0 Å². The lowest BCUT2D eigenvalue weighted by molar-refractivity contribution is -0.130. The summed E-state index contributed by atoms with van der Waals surface area (Å²) in [6, 6.07) is 3.29. The summed E-state index contributed by atoms with van der Waals surface area (Å²) in [5.41, 5.74) is 2.01. The second-order valence-electron chi connectivity index (χ2n) is 8.21. The number of aromatic hydroxyl groups is 1. The number of amides is 2. The van der Waals surface area contributed by atoms with Crippen molar-refractivity contribution in [3.63, 3.8) is 0 Å². The fourth-order valence-electron chi connectivity index (χ4n) is 3.08. The number of benzene rings is 1. The minimum atomic E-state index is -0.258. The predicted octanol–water partition coefficient (Wildman–Crippen LogP) is 3.54. The van der Waals surface area contributed by atoms with Gasteiger partial charge in [0.15, 0.2) is 5.01 Å². The molecular formula is C21H25ClN4O3S. The molecule has 9 heteroatoms. The third kappa shape index (κ3) is 4.94. The Hall–Kier alpha value is -2.58. The van der Waals surface area contributed by atoms with Crippen molar-refractivity contribution in [1.82, 2.24) is 15.2 Å². The van der Waals surface area contributed by atoms with Crippen molar-refractivity contribution in [3.8, 4) is 5.75 Å². The zero-order valence-electron chi connectivity index (χ0n) is 17.2. The molecule has 3 N–H and O–H groups in total. The van der Waals surface area contributed by atoms with E-state index in [1.807, 2.05) is 6.07 Å². The molecule has 7 nitrogen and oxygen atoms in total. The van der Waals surface area contributed by atoms with Crippen LogP contribution in [0, 0.1) is 0 Å². The maximum Gasteiger partial charge on any atom is 0.280 e. The topological polar surface area (TPSA) is 94.6 Å². The van der Waals surface area contributed by atoms with Crippen molar-refractivity contribution >= 4 is 40.4 Å². The molecule has 1 aromatic heterocycles. The van der Waals surface area contributed by atoms with Gasteiger partial charge >= 0.3 is 0 Å². The number of carbonyl (C=O) groups excluding carboxylic acids is 2. The summed E-state index contributed by atoms with van der Waals surface area (Å²) >= 11 is 7.52. The smallest absolute Gasteiger partial charge is 0.280 e. The van der Waals surface area contributed by atoms with Crippen LogP contribution >= 0.6 is 22.9 Å². The lowest BCUT2D eigenvalue weighted by Crippen LogP contribution is -2.60.